The first-order chi connectivity index (χ1) is 13.5. The van der Waals surface area contributed by atoms with Gasteiger partial charge in [0.05, 0.1) is 0 Å². The van der Waals surface area contributed by atoms with E-state index in [1.54, 1.807) is 4.90 Å². The molecule has 3 rings (SSSR count). The number of piperazine rings is 1. The van der Waals surface area contributed by atoms with Crippen LogP contribution in [0.2, 0.25) is 5.02 Å². The van der Waals surface area contributed by atoms with E-state index in [1.807, 2.05) is 55.5 Å². The van der Waals surface area contributed by atoms with Crippen LogP contribution in [0, 0.1) is 6.92 Å². The second-order valence-electron chi connectivity index (χ2n) is 6.75. The number of anilines is 2. The van der Waals surface area contributed by atoms with Crippen molar-refractivity contribution in [2.45, 2.75) is 6.92 Å². The number of ether oxygens (including phenoxy) is 1. The Kier molecular flexibility index (Phi) is 6.90. The lowest BCUT2D eigenvalue weighted by molar-refractivity contribution is -0.137. The van der Waals surface area contributed by atoms with Crippen molar-refractivity contribution in [3.8, 4) is 0 Å². The summed E-state index contributed by atoms with van der Waals surface area (Å²) < 4.78 is 5.30. The third kappa shape index (κ3) is 5.71. The van der Waals surface area contributed by atoms with Gasteiger partial charge in [-0.15, -0.1) is 0 Å². The number of amides is 2. The predicted octanol–water partition coefficient (Wildman–Crippen LogP) is 2.95. The fourth-order valence-corrected chi connectivity index (χ4v) is 3.23. The van der Waals surface area contributed by atoms with Crippen LogP contribution in [0.4, 0.5) is 11.4 Å². The molecule has 0 atom stereocenters. The summed E-state index contributed by atoms with van der Waals surface area (Å²) in [5, 5.41) is 3.45. The van der Waals surface area contributed by atoms with Crippen LogP contribution in [0.15, 0.2) is 48.5 Å². The van der Waals surface area contributed by atoms with E-state index in [9.17, 15) is 9.59 Å². The number of aryl methyl sites for hydroxylation is 1. The van der Waals surface area contributed by atoms with E-state index in [4.69, 9.17) is 16.3 Å². The van der Waals surface area contributed by atoms with Crippen molar-refractivity contribution < 1.29 is 14.3 Å². The number of halogens is 1. The summed E-state index contributed by atoms with van der Waals surface area (Å²) in [5.41, 5.74) is 2.89. The Morgan fingerprint density at radius 3 is 2.43 bits per heavy atom. The molecule has 28 heavy (non-hydrogen) atoms. The molecule has 1 N–H and O–H groups in total. The minimum Gasteiger partial charge on any atom is -0.368 e. The van der Waals surface area contributed by atoms with Gasteiger partial charge in [0.1, 0.15) is 13.2 Å². The molecule has 0 unspecified atom stereocenters. The summed E-state index contributed by atoms with van der Waals surface area (Å²) in [6.07, 6.45) is 0. The quantitative estimate of drug-likeness (QED) is 0.808. The first kappa shape index (κ1) is 20.2. The predicted molar refractivity (Wildman–Crippen MR) is 111 cm³/mol. The topological polar surface area (TPSA) is 61.9 Å². The minimum atomic E-state index is -0.276. The summed E-state index contributed by atoms with van der Waals surface area (Å²) in [4.78, 5) is 28.2. The Bertz CT molecular complexity index is 818. The van der Waals surface area contributed by atoms with Gasteiger partial charge in [-0.05, 0) is 37.3 Å². The lowest BCUT2D eigenvalue weighted by Crippen LogP contribution is -2.49. The summed E-state index contributed by atoms with van der Waals surface area (Å²) in [6, 6.07) is 15.2. The van der Waals surface area contributed by atoms with Crippen molar-refractivity contribution >= 4 is 34.8 Å². The molecule has 0 aliphatic carbocycles. The zero-order valence-electron chi connectivity index (χ0n) is 15.9. The molecule has 2 aromatic carbocycles. The average molecular weight is 402 g/mol. The second kappa shape index (κ2) is 9.57. The van der Waals surface area contributed by atoms with Crippen LogP contribution in [0.1, 0.15) is 5.56 Å². The highest BCUT2D eigenvalue weighted by Crippen LogP contribution is 2.20. The molecule has 7 heteroatoms. The maximum atomic E-state index is 12.3. The van der Waals surface area contributed by atoms with Crippen molar-refractivity contribution in [2.75, 3.05) is 49.6 Å². The summed E-state index contributed by atoms with van der Waals surface area (Å²) in [6.45, 7) is 4.43. The molecule has 1 fully saturated rings. The Morgan fingerprint density at radius 1 is 1.04 bits per heavy atom. The largest absolute Gasteiger partial charge is 0.368 e. The highest BCUT2D eigenvalue weighted by molar-refractivity contribution is 6.30. The summed E-state index contributed by atoms with van der Waals surface area (Å²) >= 11 is 6.04. The number of nitrogens with zero attached hydrogens (tertiary/aromatic N) is 2. The Hall–Kier alpha value is -2.57. The molecule has 6 nitrogen and oxygen atoms in total. The van der Waals surface area contributed by atoms with Crippen LogP contribution in [0.3, 0.4) is 0 Å². The molecule has 1 aliphatic rings. The van der Waals surface area contributed by atoms with Crippen LogP contribution in [0.5, 0.6) is 0 Å². The zero-order valence-corrected chi connectivity index (χ0v) is 16.6. The van der Waals surface area contributed by atoms with Gasteiger partial charge < -0.3 is 19.9 Å². The number of carbonyl (C=O) groups excluding carboxylic acids is 2. The number of hydrogen-bond donors (Lipinski definition) is 1. The molecule has 0 bridgehead atoms. The molecule has 1 saturated heterocycles. The molecular weight excluding hydrogens is 378 g/mol. The van der Waals surface area contributed by atoms with Gasteiger partial charge in [0.15, 0.2) is 0 Å². The molecule has 0 radical (unpaired) electrons. The number of nitrogens with one attached hydrogen (secondary N) is 1. The van der Waals surface area contributed by atoms with Gasteiger partial charge in [-0.25, -0.2) is 0 Å². The summed E-state index contributed by atoms with van der Waals surface area (Å²) in [5.74, 6) is -0.378. The lowest BCUT2D eigenvalue weighted by Gasteiger charge is -2.36. The number of rotatable bonds is 6. The van der Waals surface area contributed by atoms with Gasteiger partial charge in [0, 0.05) is 42.6 Å². The van der Waals surface area contributed by atoms with E-state index in [2.05, 4.69) is 10.2 Å². The normalized spacial score (nSPS) is 14.1. The molecule has 2 aromatic rings. The third-order valence-electron chi connectivity index (χ3n) is 4.60. The SMILES string of the molecule is Cc1ccc(NC(=O)COCC(=O)N2CCN(c3cccc(Cl)c3)CC2)cc1. The number of benzene rings is 2. The van der Waals surface area contributed by atoms with E-state index < -0.39 is 0 Å². The average Bonchev–Trinajstić information content (AvgIpc) is 2.70. The first-order valence-corrected chi connectivity index (χ1v) is 9.61. The van der Waals surface area contributed by atoms with E-state index in [0.29, 0.717) is 23.8 Å². The van der Waals surface area contributed by atoms with E-state index in [0.717, 1.165) is 24.3 Å². The van der Waals surface area contributed by atoms with Crippen molar-refractivity contribution in [3.63, 3.8) is 0 Å². The Balaban J connectivity index is 1.37. The smallest absolute Gasteiger partial charge is 0.250 e. The van der Waals surface area contributed by atoms with Crippen LogP contribution < -0.4 is 10.2 Å². The van der Waals surface area contributed by atoms with Gasteiger partial charge in [-0.3, -0.25) is 9.59 Å². The molecule has 0 saturated carbocycles. The first-order valence-electron chi connectivity index (χ1n) is 9.24. The Labute approximate surface area is 170 Å². The van der Waals surface area contributed by atoms with Crippen LogP contribution in [-0.4, -0.2) is 56.1 Å². The highest BCUT2D eigenvalue weighted by atomic mass is 35.5. The van der Waals surface area contributed by atoms with Crippen molar-refractivity contribution in [1.29, 1.82) is 0 Å². The van der Waals surface area contributed by atoms with Gasteiger partial charge >= 0.3 is 0 Å². The number of carbonyl (C=O) groups is 2. The van der Waals surface area contributed by atoms with Crippen molar-refractivity contribution in [3.05, 3.63) is 59.1 Å². The van der Waals surface area contributed by atoms with Gasteiger partial charge in [0.2, 0.25) is 11.8 Å². The molecule has 0 spiro atoms. The van der Waals surface area contributed by atoms with E-state index in [1.165, 1.54) is 0 Å². The van der Waals surface area contributed by atoms with Crippen LogP contribution in [-0.2, 0) is 14.3 Å². The monoisotopic (exact) mass is 401 g/mol. The maximum Gasteiger partial charge on any atom is 0.250 e. The Morgan fingerprint density at radius 2 is 1.75 bits per heavy atom. The molecule has 1 aliphatic heterocycles. The highest BCUT2D eigenvalue weighted by Gasteiger charge is 2.21. The summed E-state index contributed by atoms with van der Waals surface area (Å²) in [7, 11) is 0. The molecule has 0 aromatic heterocycles. The third-order valence-corrected chi connectivity index (χ3v) is 4.83. The van der Waals surface area contributed by atoms with Gasteiger partial charge in [-0.1, -0.05) is 35.4 Å². The van der Waals surface area contributed by atoms with Crippen LogP contribution >= 0.6 is 11.6 Å². The second-order valence-corrected chi connectivity index (χ2v) is 7.19. The number of hydrogen-bond acceptors (Lipinski definition) is 4. The lowest BCUT2D eigenvalue weighted by atomic mass is 10.2. The van der Waals surface area contributed by atoms with Gasteiger partial charge in [0.25, 0.3) is 0 Å². The zero-order chi connectivity index (χ0) is 19.9. The van der Waals surface area contributed by atoms with Crippen molar-refractivity contribution in [1.82, 2.24) is 4.90 Å². The van der Waals surface area contributed by atoms with E-state index >= 15 is 0 Å². The standard InChI is InChI=1S/C21H24ClN3O3/c1-16-5-7-18(8-6-16)23-20(26)14-28-15-21(27)25-11-9-24(10-12-25)19-4-2-3-17(22)13-19/h2-8,13H,9-12,14-15H2,1H3,(H,23,26). The minimum absolute atomic E-state index is 0.0987. The van der Waals surface area contributed by atoms with E-state index in [-0.39, 0.29) is 25.0 Å². The molecular formula is C21H24ClN3O3. The molecule has 2 amide bonds. The fourth-order valence-electron chi connectivity index (χ4n) is 3.04. The molecule has 148 valence electrons. The fraction of sp³-hybridized carbons (Fsp3) is 0.333. The van der Waals surface area contributed by atoms with Crippen molar-refractivity contribution in [2.24, 2.45) is 0 Å². The van der Waals surface area contributed by atoms with Crippen LogP contribution in [0.25, 0.3) is 0 Å². The maximum absolute atomic E-state index is 12.3. The molecule has 1 heterocycles. The van der Waals surface area contributed by atoms with Gasteiger partial charge in [-0.2, -0.15) is 0 Å².